The van der Waals surface area contributed by atoms with E-state index < -0.39 is 18.0 Å². The molecular weight excluding hydrogens is 414 g/mol. The molecule has 0 saturated heterocycles. The summed E-state index contributed by atoms with van der Waals surface area (Å²) in [6.07, 6.45) is -0.743. The monoisotopic (exact) mass is 437 g/mol. The van der Waals surface area contributed by atoms with E-state index in [1.54, 1.807) is 18.2 Å². The second-order valence-corrected chi connectivity index (χ2v) is 7.35. The van der Waals surface area contributed by atoms with E-state index in [1.165, 1.54) is 6.92 Å². The predicted molar refractivity (Wildman–Crippen MR) is 114 cm³/mol. The molecule has 32 heavy (non-hydrogen) atoms. The normalized spacial score (nSPS) is 13.3. The maximum absolute atomic E-state index is 12.4. The zero-order chi connectivity index (χ0) is 22.5. The van der Waals surface area contributed by atoms with Gasteiger partial charge in [-0.25, -0.2) is 0 Å². The molecule has 2 aromatic carbocycles. The summed E-state index contributed by atoms with van der Waals surface area (Å²) in [6, 6.07) is 12.8. The van der Waals surface area contributed by atoms with Gasteiger partial charge in [-0.1, -0.05) is 17.7 Å². The first-order valence-electron chi connectivity index (χ1n) is 10.3. The van der Waals surface area contributed by atoms with Crippen molar-refractivity contribution < 1.29 is 28.2 Å². The van der Waals surface area contributed by atoms with E-state index in [2.05, 4.69) is 15.5 Å². The molecule has 166 valence electrons. The highest BCUT2D eigenvalue weighted by Crippen LogP contribution is 2.32. The van der Waals surface area contributed by atoms with Crippen LogP contribution in [0.4, 0.5) is 5.69 Å². The summed E-state index contributed by atoms with van der Waals surface area (Å²) in [4.78, 5) is 24.5. The first kappa shape index (κ1) is 21.4. The standard InChI is InChI=1S/C23H23N3O6/c1-14-3-5-16(6-4-14)23-26-25-20(32-23)9-10-21(27)31-15(2)22(28)24-17-7-8-18-19(13-17)30-12-11-29-18/h3-8,13,15H,9-12H2,1-2H3,(H,24,28). The number of nitrogens with one attached hydrogen (secondary N) is 1. The molecule has 1 atom stereocenters. The number of aromatic nitrogens is 2. The zero-order valence-electron chi connectivity index (χ0n) is 17.8. The Morgan fingerprint density at radius 2 is 1.81 bits per heavy atom. The van der Waals surface area contributed by atoms with Crippen LogP contribution in [-0.4, -0.2) is 41.4 Å². The molecule has 0 fully saturated rings. The van der Waals surface area contributed by atoms with Crippen molar-refractivity contribution in [3.8, 4) is 23.0 Å². The second-order valence-electron chi connectivity index (χ2n) is 7.35. The quantitative estimate of drug-likeness (QED) is 0.560. The van der Waals surface area contributed by atoms with Gasteiger partial charge in [0.1, 0.15) is 13.2 Å². The van der Waals surface area contributed by atoms with E-state index in [-0.39, 0.29) is 12.8 Å². The van der Waals surface area contributed by atoms with Gasteiger partial charge in [-0.15, -0.1) is 10.2 Å². The number of carbonyl (C=O) groups is 2. The zero-order valence-corrected chi connectivity index (χ0v) is 17.8. The van der Waals surface area contributed by atoms with E-state index in [0.717, 1.165) is 11.1 Å². The third kappa shape index (κ3) is 5.23. The first-order valence-corrected chi connectivity index (χ1v) is 10.3. The van der Waals surface area contributed by atoms with Gasteiger partial charge in [0.05, 0.1) is 6.42 Å². The van der Waals surface area contributed by atoms with E-state index in [9.17, 15) is 9.59 Å². The molecule has 4 rings (SSSR count). The van der Waals surface area contributed by atoms with Gasteiger partial charge in [-0.2, -0.15) is 0 Å². The van der Waals surface area contributed by atoms with Gasteiger partial charge in [-0.3, -0.25) is 9.59 Å². The van der Waals surface area contributed by atoms with Crippen LogP contribution in [-0.2, 0) is 20.7 Å². The van der Waals surface area contributed by atoms with Crippen LogP contribution in [0.2, 0.25) is 0 Å². The highest BCUT2D eigenvalue weighted by Gasteiger charge is 2.20. The summed E-state index contributed by atoms with van der Waals surface area (Å²) >= 11 is 0. The maximum atomic E-state index is 12.4. The number of amides is 1. The molecule has 0 radical (unpaired) electrons. The molecule has 1 amide bonds. The molecule has 2 heterocycles. The third-order valence-corrected chi connectivity index (χ3v) is 4.80. The molecule has 3 aromatic rings. The number of aryl methyl sites for hydroxylation is 2. The van der Waals surface area contributed by atoms with Gasteiger partial charge in [0.2, 0.25) is 11.8 Å². The van der Waals surface area contributed by atoms with Crippen molar-refractivity contribution in [1.29, 1.82) is 0 Å². The Labute approximate surface area is 184 Å². The Balaban J connectivity index is 1.26. The van der Waals surface area contributed by atoms with Crippen molar-refractivity contribution in [2.24, 2.45) is 0 Å². The topological polar surface area (TPSA) is 113 Å². The molecule has 0 bridgehead atoms. The van der Waals surface area contributed by atoms with Crippen LogP contribution in [0.3, 0.4) is 0 Å². The molecule has 0 spiro atoms. The van der Waals surface area contributed by atoms with Crippen molar-refractivity contribution in [2.75, 3.05) is 18.5 Å². The lowest BCUT2D eigenvalue weighted by Gasteiger charge is -2.19. The van der Waals surface area contributed by atoms with Gasteiger partial charge in [-0.05, 0) is 38.1 Å². The minimum atomic E-state index is -0.971. The minimum absolute atomic E-state index is 0.0111. The van der Waals surface area contributed by atoms with Crippen molar-refractivity contribution in [3.63, 3.8) is 0 Å². The van der Waals surface area contributed by atoms with E-state index in [4.69, 9.17) is 18.6 Å². The number of fused-ring (bicyclic) bond motifs is 1. The SMILES string of the molecule is Cc1ccc(-c2nnc(CCC(=O)OC(C)C(=O)Nc3ccc4c(c3)OCCO4)o2)cc1. The van der Waals surface area contributed by atoms with E-state index in [1.807, 2.05) is 31.2 Å². The molecule has 1 aliphatic heterocycles. The van der Waals surface area contributed by atoms with Gasteiger partial charge in [0.25, 0.3) is 5.91 Å². The fraction of sp³-hybridized carbons (Fsp3) is 0.304. The Hall–Kier alpha value is -3.88. The number of esters is 1. The highest BCUT2D eigenvalue weighted by molar-refractivity contribution is 5.95. The van der Waals surface area contributed by atoms with Crippen LogP contribution < -0.4 is 14.8 Å². The molecule has 0 saturated carbocycles. The lowest BCUT2D eigenvalue weighted by atomic mass is 10.1. The number of nitrogens with zero attached hydrogens (tertiary/aromatic N) is 2. The van der Waals surface area contributed by atoms with Crippen LogP contribution in [0.25, 0.3) is 11.5 Å². The fourth-order valence-electron chi connectivity index (χ4n) is 3.05. The average Bonchev–Trinajstić information content (AvgIpc) is 3.27. The largest absolute Gasteiger partial charge is 0.486 e. The highest BCUT2D eigenvalue weighted by atomic mass is 16.6. The smallest absolute Gasteiger partial charge is 0.307 e. The van der Waals surface area contributed by atoms with Gasteiger partial charge in [0, 0.05) is 23.7 Å². The van der Waals surface area contributed by atoms with E-state index in [0.29, 0.717) is 42.2 Å². The number of carbonyl (C=O) groups excluding carboxylic acids is 2. The van der Waals surface area contributed by atoms with Crippen molar-refractivity contribution in [1.82, 2.24) is 10.2 Å². The molecule has 9 nitrogen and oxygen atoms in total. The first-order chi connectivity index (χ1) is 15.5. The summed E-state index contributed by atoms with van der Waals surface area (Å²) in [7, 11) is 0. The predicted octanol–water partition coefficient (Wildman–Crippen LogP) is 3.32. The average molecular weight is 437 g/mol. The Kier molecular flexibility index (Phi) is 6.34. The summed E-state index contributed by atoms with van der Waals surface area (Å²) in [6.45, 7) is 4.44. The lowest BCUT2D eigenvalue weighted by molar-refractivity contribution is -0.153. The number of ether oxygens (including phenoxy) is 3. The Bertz CT molecular complexity index is 1110. The van der Waals surface area contributed by atoms with Crippen LogP contribution in [0.15, 0.2) is 46.9 Å². The minimum Gasteiger partial charge on any atom is -0.486 e. The molecular formula is C23H23N3O6. The van der Waals surface area contributed by atoms with Gasteiger partial charge >= 0.3 is 5.97 Å². The molecule has 1 unspecified atom stereocenters. The molecule has 1 aromatic heterocycles. The lowest BCUT2D eigenvalue weighted by Crippen LogP contribution is -2.30. The van der Waals surface area contributed by atoms with Crippen molar-refractivity contribution >= 4 is 17.6 Å². The van der Waals surface area contributed by atoms with Gasteiger partial charge < -0.3 is 23.9 Å². The number of hydrogen-bond acceptors (Lipinski definition) is 8. The molecule has 9 heteroatoms. The number of benzene rings is 2. The summed E-state index contributed by atoms with van der Waals surface area (Å²) in [5, 5.41) is 10.7. The van der Waals surface area contributed by atoms with Crippen LogP contribution in [0.1, 0.15) is 24.8 Å². The molecule has 0 aliphatic carbocycles. The Morgan fingerprint density at radius 1 is 1.06 bits per heavy atom. The van der Waals surface area contributed by atoms with Gasteiger partial charge in [0.15, 0.2) is 17.6 Å². The second kappa shape index (κ2) is 9.51. The fourth-order valence-corrected chi connectivity index (χ4v) is 3.05. The molecule has 1 aliphatic rings. The Morgan fingerprint density at radius 3 is 2.59 bits per heavy atom. The van der Waals surface area contributed by atoms with E-state index >= 15 is 0 Å². The van der Waals surface area contributed by atoms with Crippen molar-refractivity contribution in [2.45, 2.75) is 32.8 Å². The van der Waals surface area contributed by atoms with Crippen LogP contribution >= 0.6 is 0 Å². The number of anilines is 1. The number of rotatable bonds is 7. The van der Waals surface area contributed by atoms with Crippen LogP contribution in [0.5, 0.6) is 11.5 Å². The third-order valence-electron chi connectivity index (χ3n) is 4.80. The van der Waals surface area contributed by atoms with Crippen LogP contribution in [0, 0.1) is 6.92 Å². The summed E-state index contributed by atoms with van der Waals surface area (Å²) in [5.74, 6) is 0.911. The summed E-state index contributed by atoms with van der Waals surface area (Å²) in [5.41, 5.74) is 2.46. The summed E-state index contributed by atoms with van der Waals surface area (Å²) < 4.78 is 21.8. The van der Waals surface area contributed by atoms with Crippen molar-refractivity contribution in [3.05, 3.63) is 53.9 Å². The maximum Gasteiger partial charge on any atom is 0.307 e. The number of hydrogen-bond donors (Lipinski definition) is 1. The molecule has 1 N–H and O–H groups in total.